The predicted octanol–water partition coefficient (Wildman–Crippen LogP) is 6.14. The maximum atomic E-state index is 13.8. The summed E-state index contributed by atoms with van der Waals surface area (Å²) in [5.74, 6) is 0.573. The number of anilines is 1. The lowest BCUT2D eigenvalue weighted by Gasteiger charge is -2.27. The lowest BCUT2D eigenvalue weighted by molar-refractivity contribution is 0.0526. The second kappa shape index (κ2) is 9.93. The van der Waals surface area contributed by atoms with Crippen molar-refractivity contribution >= 4 is 17.6 Å². The quantitative estimate of drug-likeness (QED) is 0.312. The van der Waals surface area contributed by atoms with E-state index in [1.807, 2.05) is 24.3 Å². The molecule has 0 spiro atoms. The van der Waals surface area contributed by atoms with E-state index >= 15 is 0 Å². The van der Waals surface area contributed by atoms with Gasteiger partial charge in [-0.2, -0.15) is 5.10 Å². The number of H-pyrrole nitrogens is 1. The minimum absolute atomic E-state index is 0.177. The molecule has 0 aliphatic carbocycles. The molecular formula is C30H29N3O4. The van der Waals surface area contributed by atoms with Crippen molar-refractivity contribution < 1.29 is 19.1 Å². The van der Waals surface area contributed by atoms with E-state index in [0.29, 0.717) is 29.5 Å². The third-order valence-corrected chi connectivity index (χ3v) is 6.71. The van der Waals surface area contributed by atoms with Crippen LogP contribution in [0.15, 0.2) is 72.8 Å². The highest BCUT2D eigenvalue weighted by atomic mass is 16.5. The largest absolute Gasteiger partial charge is 0.497 e. The van der Waals surface area contributed by atoms with Crippen LogP contribution in [-0.2, 0) is 4.74 Å². The summed E-state index contributed by atoms with van der Waals surface area (Å²) in [6.45, 7) is 6.38. The Morgan fingerprint density at radius 2 is 1.68 bits per heavy atom. The summed E-state index contributed by atoms with van der Waals surface area (Å²) in [5.41, 5.74) is 6.20. The smallest absolute Gasteiger partial charge is 0.338 e. The summed E-state index contributed by atoms with van der Waals surface area (Å²) in [6, 6.07) is 22.6. The van der Waals surface area contributed by atoms with Crippen molar-refractivity contribution in [3.8, 4) is 17.0 Å². The van der Waals surface area contributed by atoms with Gasteiger partial charge in [0.05, 0.1) is 31.0 Å². The molecule has 7 heteroatoms. The third-order valence-electron chi connectivity index (χ3n) is 6.71. The Labute approximate surface area is 216 Å². The van der Waals surface area contributed by atoms with Gasteiger partial charge in [-0.25, -0.2) is 4.79 Å². The molecule has 0 radical (unpaired) electrons. The van der Waals surface area contributed by atoms with Crippen LogP contribution in [0, 0.1) is 0 Å². The SMILES string of the molecule is CCOC(=O)c1ccc(N2C(=O)c3[nH]nc(-c4ccc(OC)cc4)c3[C@@H]2c2ccc(C(C)C)cc2)cc1. The van der Waals surface area contributed by atoms with E-state index in [0.717, 1.165) is 28.1 Å². The minimum atomic E-state index is -0.395. The summed E-state index contributed by atoms with van der Waals surface area (Å²) in [4.78, 5) is 27.7. The molecule has 3 aromatic carbocycles. The highest BCUT2D eigenvalue weighted by molar-refractivity contribution is 6.12. The number of methoxy groups -OCH3 is 1. The summed E-state index contributed by atoms with van der Waals surface area (Å²) in [7, 11) is 1.63. The first-order valence-electron chi connectivity index (χ1n) is 12.4. The summed E-state index contributed by atoms with van der Waals surface area (Å²) in [6.07, 6.45) is 0. The zero-order valence-corrected chi connectivity index (χ0v) is 21.3. The van der Waals surface area contributed by atoms with E-state index in [4.69, 9.17) is 9.47 Å². The molecule has 2 heterocycles. The maximum absolute atomic E-state index is 13.8. The van der Waals surface area contributed by atoms with Gasteiger partial charge in [0.15, 0.2) is 0 Å². The van der Waals surface area contributed by atoms with Gasteiger partial charge in [-0.05, 0) is 72.5 Å². The van der Waals surface area contributed by atoms with Crippen molar-refractivity contribution in [1.82, 2.24) is 10.2 Å². The molecule has 1 aliphatic heterocycles. The van der Waals surface area contributed by atoms with Crippen LogP contribution < -0.4 is 9.64 Å². The summed E-state index contributed by atoms with van der Waals surface area (Å²) < 4.78 is 10.4. The average molecular weight is 496 g/mol. The molecule has 1 N–H and O–H groups in total. The molecule has 0 saturated carbocycles. The van der Waals surface area contributed by atoms with Gasteiger partial charge in [-0.3, -0.25) is 14.8 Å². The molecule has 5 rings (SSSR count). The number of aromatic amines is 1. The van der Waals surface area contributed by atoms with Gasteiger partial charge in [0.2, 0.25) is 0 Å². The number of ether oxygens (including phenoxy) is 2. The van der Waals surface area contributed by atoms with E-state index < -0.39 is 6.04 Å². The molecule has 1 aliphatic rings. The first-order valence-corrected chi connectivity index (χ1v) is 12.4. The van der Waals surface area contributed by atoms with Crippen LogP contribution in [0.25, 0.3) is 11.3 Å². The van der Waals surface area contributed by atoms with Gasteiger partial charge in [-0.15, -0.1) is 0 Å². The van der Waals surface area contributed by atoms with E-state index in [-0.39, 0.29) is 11.9 Å². The standard InChI is InChI=1S/C30H29N3O4/c1-5-37-30(35)22-10-14-23(15-11-22)33-28(21-8-6-19(7-9-21)18(2)3)25-26(31-32-27(25)29(33)34)20-12-16-24(36-4)17-13-20/h6-18,28H,5H2,1-4H3,(H,31,32)/t28-/m0/s1. The molecular weight excluding hydrogens is 466 g/mol. The summed E-state index contributed by atoms with van der Waals surface area (Å²) >= 11 is 0. The fourth-order valence-corrected chi connectivity index (χ4v) is 4.73. The molecule has 4 aromatic rings. The average Bonchev–Trinajstić information content (AvgIpc) is 3.48. The van der Waals surface area contributed by atoms with Crippen molar-refractivity contribution in [2.75, 3.05) is 18.6 Å². The van der Waals surface area contributed by atoms with Gasteiger partial charge in [-0.1, -0.05) is 38.1 Å². The lowest BCUT2D eigenvalue weighted by Crippen LogP contribution is -2.29. The number of fused-ring (bicyclic) bond motifs is 1. The Morgan fingerprint density at radius 1 is 1.00 bits per heavy atom. The van der Waals surface area contributed by atoms with E-state index in [9.17, 15) is 9.59 Å². The zero-order chi connectivity index (χ0) is 26.1. The Bertz CT molecular complexity index is 1420. The number of carbonyl (C=O) groups is 2. The fraction of sp³-hybridized carbons (Fsp3) is 0.233. The second-order valence-corrected chi connectivity index (χ2v) is 9.26. The molecule has 0 unspecified atom stereocenters. The molecule has 0 fully saturated rings. The van der Waals surface area contributed by atoms with Gasteiger partial charge in [0.25, 0.3) is 5.91 Å². The van der Waals surface area contributed by atoms with Crippen LogP contribution in [0.5, 0.6) is 5.75 Å². The number of carbonyl (C=O) groups excluding carboxylic acids is 2. The summed E-state index contributed by atoms with van der Waals surface area (Å²) in [5, 5.41) is 7.54. The monoisotopic (exact) mass is 495 g/mol. The Balaban J connectivity index is 1.62. The molecule has 1 amide bonds. The highest BCUT2D eigenvalue weighted by Gasteiger charge is 2.43. The van der Waals surface area contributed by atoms with Crippen LogP contribution in [0.2, 0.25) is 0 Å². The maximum Gasteiger partial charge on any atom is 0.338 e. The molecule has 0 bridgehead atoms. The van der Waals surface area contributed by atoms with E-state index in [1.165, 1.54) is 5.56 Å². The first kappa shape index (κ1) is 24.3. The molecule has 0 saturated heterocycles. The first-order chi connectivity index (χ1) is 17.9. The van der Waals surface area contributed by atoms with Gasteiger partial charge in [0, 0.05) is 16.8 Å². The Kier molecular flexibility index (Phi) is 6.53. The van der Waals surface area contributed by atoms with Gasteiger partial charge in [0.1, 0.15) is 11.4 Å². The van der Waals surface area contributed by atoms with Crippen LogP contribution >= 0.6 is 0 Å². The van der Waals surface area contributed by atoms with Crippen molar-refractivity contribution in [1.29, 1.82) is 0 Å². The van der Waals surface area contributed by atoms with Gasteiger partial charge < -0.3 is 9.47 Å². The van der Waals surface area contributed by atoms with Crippen LogP contribution in [-0.4, -0.2) is 35.8 Å². The number of rotatable bonds is 7. The minimum Gasteiger partial charge on any atom is -0.497 e. The van der Waals surface area contributed by atoms with Gasteiger partial charge >= 0.3 is 5.97 Å². The number of hydrogen-bond acceptors (Lipinski definition) is 5. The van der Waals surface area contributed by atoms with Crippen LogP contribution in [0.1, 0.15) is 70.3 Å². The van der Waals surface area contributed by atoms with Crippen molar-refractivity contribution in [2.24, 2.45) is 0 Å². The molecule has 7 nitrogen and oxygen atoms in total. The second-order valence-electron chi connectivity index (χ2n) is 9.26. The number of benzene rings is 3. The number of esters is 1. The predicted molar refractivity (Wildman–Crippen MR) is 142 cm³/mol. The Morgan fingerprint density at radius 3 is 2.27 bits per heavy atom. The zero-order valence-electron chi connectivity index (χ0n) is 21.3. The van der Waals surface area contributed by atoms with Crippen molar-refractivity contribution in [2.45, 2.75) is 32.7 Å². The van der Waals surface area contributed by atoms with Crippen LogP contribution in [0.3, 0.4) is 0 Å². The molecule has 37 heavy (non-hydrogen) atoms. The van der Waals surface area contributed by atoms with Crippen molar-refractivity contribution in [3.63, 3.8) is 0 Å². The Hall–Kier alpha value is -4.39. The number of nitrogens with zero attached hydrogens (tertiary/aromatic N) is 2. The number of nitrogens with one attached hydrogen (secondary N) is 1. The van der Waals surface area contributed by atoms with Crippen LogP contribution in [0.4, 0.5) is 5.69 Å². The normalized spacial score (nSPS) is 14.7. The number of amides is 1. The number of aromatic nitrogens is 2. The third kappa shape index (κ3) is 4.37. The molecule has 1 atom stereocenters. The van der Waals surface area contributed by atoms with E-state index in [1.54, 1.807) is 43.2 Å². The lowest BCUT2D eigenvalue weighted by atomic mass is 9.93. The van der Waals surface area contributed by atoms with E-state index in [2.05, 4.69) is 48.3 Å². The molecule has 188 valence electrons. The fourth-order valence-electron chi connectivity index (χ4n) is 4.73. The molecule has 1 aromatic heterocycles. The van der Waals surface area contributed by atoms with Crippen molar-refractivity contribution in [3.05, 3.63) is 101 Å². The highest BCUT2D eigenvalue weighted by Crippen LogP contribution is 2.45. The topological polar surface area (TPSA) is 84.5 Å². The number of hydrogen-bond donors (Lipinski definition) is 1.